The third-order valence-corrected chi connectivity index (χ3v) is 2.91. The first-order valence-corrected chi connectivity index (χ1v) is 5.34. The summed E-state index contributed by atoms with van der Waals surface area (Å²) in [5.74, 6) is 0.405. The van der Waals surface area contributed by atoms with E-state index in [9.17, 15) is 4.39 Å². The minimum atomic E-state index is -0.267. The van der Waals surface area contributed by atoms with Gasteiger partial charge in [-0.2, -0.15) is 0 Å². The molecule has 0 bridgehead atoms. The fraction of sp³-hybridized carbons (Fsp3) is 0.500. The summed E-state index contributed by atoms with van der Waals surface area (Å²) in [6, 6.07) is 4.78. The molecular formula is C12H16FNO. The van der Waals surface area contributed by atoms with Crippen molar-refractivity contribution in [2.24, 2.45) is 5.92 Å². The minimum Gasteiger partial charge on any atom is -0.392 e. The van der Waals surface area contributed by atoms with Gasteiger partial charge in [-0.15, -0.1) is 0 Å². The number of aliphatic hydroxyl groups excluding tert-OH is 1. The standard InChI is InChI=1S/C12H16FNO/c1-9-2-3-14(7-9)12-5-10(8-15)4-11(13)6-12/h4-6,9,15H,2-3,7-8H2,1H3. The summed E-state index contributed by atoms with van der Waals surface area (Å²) in [7, 11) is 0. The van der Waals surface area contributed by atoms with E-state index in [4.69, 9.17) is 5.11 Å². The summed E-state index contributed by atoms with van der Waals surface area (Å²) in [6.07, 6.45) is 1.16. The van der Waals surface area contributed by atoms with E-state index in [-0.39, 0.29) is 12.4 Å². The van der Waals surface area contributed by atoms with Crippen molar-refractivity contribution in [3.63, 3.8) is 0 Å². The number of halogens is 1. The van der Waals surface area contributed by atoms with Crippen LogP contribution < -0.4 is 4.90 Å². The van der Waals surface area contributed by atoms with Crippen LogP contribution in [0.4, 0.5) is 10.1 Å². The topological polar surface area (TPSA) is 23.5 Å². The van der Waals surface area contributed by atoms with Gasteiger partial charge in [-0.25, -0.2) is 4.39 Å². The lowest BCUT2D eigenvalue weighted by molar-refractivity contribution is 0.281. The number of anilines is 1. The molecule has 15 heavy (non-hydrogen) atoms. The van der Waals surface area contributed by atoms with E-state index in [1.165, 1.54) is 12.1 Å². The molecule has 1 fully saturated rings. The summed E-state index contributed by atoms with van der Waals surface area (Å²) in [4.78, 5) is 2.17. The number of nitrogens with zero attached hydrogens (tertiary/aromatic N) is 1. The zero-order chi connectivity index (χ0) is 10.8. The number of benzene rings is 1. The van der Waals surface area contributed by atoms with Crippen LogP contribution in [0.25, 0.3) is 0 Å². The zero-order valence-corrected chi connectivity index (χ0v) is 8.91. The van der Waals surface area contributed by atoms with Gasteiger partial charge < -0.3 is 10.0 Å². The van der Waals surface area contributed by atoms with Crippen LogP contribution in [0.15, 0.2) is 18.2 Å². The Kier molecular flexibility index (Phi) is 2.91. The van der Waals surface area contributed by atoms with Gasteiger partial charge in [0.2, 0.25) is 0 Å². The van der Waals surface area contributed by atoms with Crippen LogP contribution in [0.3, 0.4) is 0 Å². The Morgan fingerprint density at radius 1 is 1.47 bits per heavy atom. The van der Waals surface area contributed by atoms with Crippen molar-refractivity contribution in [3.05, 3.63) is 29.6 Å². The van der Waals surface area contributed by atoms with Gasteiger partial charge in [0.05, 0.1) is 6.61 Å². The lowest BCUT2D eigenvalue weighted by Gasteiger charge is -2.19. The van der Waals surface area contributed by atoms with Crippen LogP contribution >= 0.6 is 0 Å². The Labute approximate surface area is 89.3 Å². The van der Waals surface area contributed by atoms with E-state index >= 15 is 0 Å². The van der Waals surface area contributed by atoms with Gasteiger partial charge in [-0.05, 0) is 36.1 Å². The second-order valence-electron chi connectivity index (χ2n) is 4.32. The Hall–Kier alpha value is -1.09. The van der Waals surface area contributed by atoms with Crippen LogP contribution in [0.1, 0.15) is 18.9 Å². The Bertz CT molecular complexity index is 353. The number of aliphatic hydroxyl groups is 1. The van der Waals surface area contributed by atoms with E-state index in [2.05, 4.69) is 11.8 Å². The molecule has 0 aromatic heterocycles. The highest BCUT2D eigenvalue weighted by Gasteiger charge is 2.19. The average Bonchev–Trinajstić information content (AvgIpc) is 2.64. The number of rotatable bonds is 2. The number of hydrogen-bond donors (Lipinski definition) is 1. The lowest BCUT2D eigenvalue weighted by Crippen LogP contribution is -2.19. The maximum absolute atomic E-state index is 13.2. The molecule has 2 rings (SSSR count). The molecule has 1 unspecified atom stereocenters. The first kappa shape index (κ1) is 10.4. The van der Waals surface area contributed by atoms with E-state index in [1.54, 1.807) is 0 Å². The smallest absolute Gasteiger partial charge is 0.125 e. The van der Waals surface area contributed by atoms with Crippen LogP contribution in [0, 0.1) is 11.7 Å². The average molecular weight is 209 g/mol. The van der Waals surface area contributed by atoms with Gasteiger partial charge in [0.25, 0.3) is 0 Å². The highest BCUT2D eigenvalue weighted by Crippen LogP contribution is 2.25. The van der Waals surface area contributed by atoms with Gasteiger partial charge in [0.15, 0.2) is 0 Å². The molecule has 1 aromatic rings. The fourth-order valence-corrected chi connectivity index (χ4v) is 2.08. The maximum atomic E-state index is 13.2. The van der Waals surface area contributed by atoms with Gasteiger partial charge in [-0.3, -0.25) is 0 Å². The Balaban J connectivity index is 2.24. The van der Waals surface area contributed by atoms with Crippen LogP contribution in [-0.2, 0) is 6.61 Å². The molecule has 1 aliphatic heterocycles. The Morgan fingerprint density at radius 3 is 2.87 bits per heavy atom. The summed E-state index contributed by atoms with van der Waals surface area (Å²) < 4.78 is 13.2. The summed E-state index contributed by atoms with van der Waals surface area (Å²) in [5.41, 5.74) is 1.54. The normalized spacial score (nSPS) is 21.0. The third-order valence-electron chi connectivity index (χ3n) is 2.91. The highest BCUT2D eigenvalue weighted by atomic mass is 19.1. The van der Waals surface area contributed by atoms with Gasteiger partial charge >= 0.3 is 0 Å². The molecule has 82 valence electrons. The molecule has 0 amide bonds. The molecule has 1 heterocycles. The lowest BCUT2D eigenvalue weighted by atomic mass is 10.1. The molecule has 1 atom stereocenters. The second-order valence-corrected chi connectivity index (χ2v) is 4.32. The monoisotopic (exact) mass is 209 g/mol. The molecule has 1 N–H and O–H groups in total. The van der Waals surface area contributed by atoms with Crippen molar-refractivity contribution in [2.75, 3.05) is 18.0 Å². The molecule has 1 aromatic carbocycles. The summed E-state index contributed by atoms with van der Waals surface area (Å²) >= 11 is 0. The summed E-state index contributed by atoms with van der Waals surface area (Å²) in [6.45, 7) is 4.06. The SMILES string of the molecule is CC1CCN(c2cc(F)cc(CO)c2)C1. The molecule has 0 radical (unpaired) electrons. The quantitative estimate of drug-likeness (QED) is 0.806. The van der Waals surface area contributed by atoms with Crippen molar-refractivity contribution >= 4 is 5.69 Å². The third kappa shape index (κ3) is 2.29. The minimum absolute atomic E-state index is 0.103. The maximum Gasteiger partial charge on any atom is 0.125 e. The molecule has 1 saturated heterocycles. The molecule has 3 heteroatoms. The van der Waals surface area contributed by atoms with Crippen molar-refractivity contribution in [2.45, 2.75) is 20.0 Å². The number of hydrogen-bond acceptors (Lipinski definition) is 2. The predicted molar refractivity (Wildman–Crippen MR) is 58.3 cm³/mol. The van der Waals surface area contributed by atoms with Crippen molar-refractivity contribution in [1.82, 2.24) is 0 Å². The highest BCUT2D eigenvalue weighted by molar-refractivity contribution is 5.49. The van der Waals surface area contributed by atoms with Crippen LogP contribution in [-0.4, -0.2) is 18.2 Å². The first-order chi connectivity index (χ1) is 7.19. The molecular weight excluding hydrogens is 193 g/mol. The molecule has 0 spiro atoms. The molecule has 1 aliphatic rings. The van der Waals surface area contributed by atoms with E-state index in [1.807, 2.05) is 6.07 Å². The fourth-order valence-electron chi connectivity index (χ4n) is 2.08. The molecule has 2 nitrogen and oxygen atoms in total. The van der Waals surface area contributed by atoms with Gasteiger partial charge in [0.1, 0.15) is 5.82 Å². The first-order valence-electron chi connectivity index (χ1n) is 5.34. The van der Waals surface area contributed by atoms with E-state index in [0.29, 0.717) is 11.5 Å². The van der Waals surface area contributed by atoms with Gasteiger partial charge in [-0.1, -0.05) is 6.92 Å². The largest absolute Gasteiger partial charge is 0.392 e. The Morgan fingerprint density at radius 2 is 2.27 bits per heavy atom. The molecule has 0 saturated carbocycles. The van der Waals surface area contributed by atoms with E-state index in [0.717, 1.165) is 25.2 Å². The van der Waals surface area contributed by atoms with Crippen LogP contribution in [0.2, 0.25) is 0 Å². The second kappa shape index (κ2) is 4.19. The van der Waals surface area contributed by atoms with Crippen molar-refractivity contribution in [1.29, 1.82) is 0 Å². The molecule has 0 aliphatic carbocycles. The summed E-state index contributed by atoms with van der Waals surface area (Å²) in [5, 5.41) is 9.00. The van der Waals surface area contributed by atoms with Crippen molar-refractivity contribution in [3.8, 4) is 0 Å². The zero-order valence-electron chi connectivity index (χ0n) is 8.91. The predicted octanol–water partition coefficient (Wildman–Crippen LogP) is 2.16. The van der Waals surface area contributed by atoms with Crippen LogP contribution in [0.5, 0.6) is 0 Å². The van der Waals surface area contributed by atoms with E-state index < -0.39 is 0 Å². The van der Waals surface area contributed by atoms with Gasteiger partial charge in [0, 0.05) is 18.8 Å². The van der Waals surface area contributed by atoms with Crippen molar-refractivity contribution < 1.29 is 9.50 Å².